The average Bonchev–Trinajstić information content (AvgIpc) is 2.19. The van der Waals surface area contributed by atoms with E-state index >= 15 is 0 Å². The second kappa shape index (κ2) is 4.37. The summed E-state index contributed by atoms with van der Waals surface area (Å²) < 4.78 is 1.11. The van der Waals surface area contributed by atoms with Crippen molar-refractivity contribution < 1.29 is 0 Å². The summed E-state index contributed by atoms with van der Waals surface area (Å²) in [4.78, 5) is 4.56. The fourth-order valence-electron chi connectivity index (χ4n) is 1.77. The molecule has 0 unspecified atom stereocenters. The normalized spacial score (nSPS) is 18.8. The lowest BCUT2D eigenvalue weighted by Gasteiger charge is -2.21. The highest BCUT2D eigenvalue weighted by Crippen LogP contribution is 2.23. The molecule has 13 heavy (non-hydrogen) atoms. The van der Waals surface area contributed by atoms with Gasteiger partial charge in [0.05, 0.1) is 0 Å². The number of nitrogens with one attached hydrogen (secondary N) is 1. The SMILES string of the molecule is Ic1cccc(C2CCNCC2)n1. The maximum Gasteiger partial charge on any atom is 0.101 e. The molecule has 0 atom stereocenters. The third-order valence-electron chi connectivity index (χ3n) is 2.49. The van der Waals surface area contributed by atoms with Gasteiger partial charge in [-0.3, -0.25) is 0 Å². The van der Waals surface area contributed by atoms with Crippen LogP contribution in [0.25, 0.3) is 0 Å². The van der Waals surface area contributed by atoms with Crippen LogP contribution in [0.3, 0.4) is 0 Å². The molecule has 1 saturated heterocycles. The summed E-state index contributed by atoms with van der Waals surface area (Å²) >= 11 is 2.27. The van der Waals surface area contributed by atoms with Gasteiger partial charge in [0.2, 0.25) is 0 Å². The van der Waals surface area contributed by atoms with Crippen molar-refractivity contribution in [3.63, 3.8) is 0 Å². The van der Waals surface area contributed by atoms with Gasteiger partial charge in [0.25, 0.3) is 0 Å². The lowest BCUT2D eigenvalue weighted by Crippen LogP contribution is -2.27. The standard InChI is InChI=1S/C10H13IN2/c11-10-3-1-2-9(13-10)8-4-6-12-7-5-8/h1-3,8,12H,4-7H2. The highest BCUT2D eigenvalue weighted by atomic mass is 127. The zero-order valence-corrected chi connectivity index (χ0v) is 9.62. The quantitative estimate of drug-likeness (QED) is 0.632. The molecule has 0 saturated carbocycles. The number of nitrogens with zero attached hydrogens (tertiary/aromatic N) is 1. The molecular formula is C10H13IN2. The molecule has 0 amide bonds. The molecule has 3 heteroatoms. The summed E-state index contributed by atoms with van der Waals surface area (Å²) in [5, 5.41) is 3.37. The fraction of sp³-hybridized carbons (Fsp3) is 0.500. The molecule has 0 bridgehead atoms. The van der Waals surface area contributed by atoms with Crippen molar-refractivity contribution in [2.45, 2.75) is 18.8 Å². The summed E-state index contributed by atoms with van der Waals surface area (Å²) in [5.74, 6) is 0.677. The van der Waals surface area contributed by atoms with Gasteiger partial charge in [-0.15, -0.1) is 0 Å². The minimum absolute atomic E-state index is 0.677. The van der Waals surface area contributed by atoms with Gasteiger partial charge in [0, 0.05) is 11.6 Å². The van der Waals surface area contributed by atoms with Crippen LogP contribution in [0.5, 0.6) is 0 Å². The highest BCUT2D eigenvalue weighted by molar-refractivity contribution is 14.1. The predicted molar refractivity (Wildman–Crippen MR) is 61.8 cm³/mol. The number of halogens is 1. The minimum atomic E-state index is 0.677. The van der Waals surface area contributed by atoms with Crippen molar-refractivity contribution in [2.75, 3.05) is 13.1 Å². The van der Waals surface area contributed by atoms with E-state index in [0.29, 0.717) is 5.92 Å². The molecule has 0 aliphatic carbocycles. The second-order valence-corrected chi connectivity index (χ2v) is 4.51. The molecule has 2 nitrogen and oxygen atoms in total. The fourth-order valence-corrected chi connectivity index (χ4v) is 2.26. The van der Waals surface area contributed by atoms with Crippen LogP contribution in [-0.4, -0.2) is 18.1 Å². The Morgan fingerprint density at radius 2 is 2.08 bits per heavy atom. The van der Waals surface area contributed by atoms with Crippen LogP contribution in [0.4, 0.5) is 0 Å². The van der Waals surface area contributed by atoms with E-state index < -0.39 is 0 Å². The maximum atomic E-state index is 4.56. The van der Waals surface area contributed by atoms with Crippen LogP contribution in [-0.2, 0) is 0 Å². The lowest BCUT2D eigenvalue weighted by molar-refractivity contribution is 0.453. The van der Waals surface area contributed by atoms with E-state index in [-0.39, 0.29) is 0 Å². The number of pyridine rings is 1. The Bertz CT molecular complexity index is 282. The van der Waals surface area contributed by atoms with Gasteiger partial charge in [-0.2, -0.15) is 0 Å². The third kappa shape index (κ3) is 2.40. The molecule has 0 aromatic carbocycles. The van der Waals surface area contributed by atoms with E-state index in [1.54, 1.807) is 0 Å². The Balaban J connectivity index is 2.14. The van der Waals surface area contributed by atoms with Gasteiger partial charge in [-0.05, 0) is 60.7 Å². The summed E-state index contributed by atoms with van der Waals surface area (Å²) in [6.07, 6.45) is 2.46. The topological polar surface area (TPSA) is 24.9 Å². The first-order valence-corrected chi connectivity index (χ1v) is 5.77. The molecule has 2 heterocycles. The summed E-state index contributed by atoms with van der Waals surface area (Å²) in [6, 6.07) is 6.30. The van der Waals surface area contributed by atoms with Crippen molar-refractivity contribution in [1.82, 2.24) is 10.3 Å². The van der Waals surface area contributed by atoms with Crippen LogP contribution in [0.1, 0.15) is 24.5 Å². The first-order valence-electron chi connectivity index (χ1n) is 4.69. The average molecular weight is 288 g/mol. The van der Waals surface area contributed by atoms with Crippen LogP contribution < -0.4 is 5.32 Å². The second-order valence-electron chi connectivity index (χ2n) is 3.41. The van der Waals surface area contributed by atoms with E-state index in [4.69, 9.17) is 0 Å². The van der Waals surface area contributed by atoms with Gasteiger partial charge >= 0.3 is 0 Å². The predicted octanol–water partition coefficient (Wildman–Crippen LogP) is 2.15. The van der Waals surface area contributed by atoms with Gasteiger partial charge in [0.1, 0.15) is 3.70 Å². The molecule has 1 aromatic rings. The van der Waals surface area contributed by atoms with E-state index in [9.17, 15) is 0 Å². The molecule has 1 fully saturated rings. The zero-order chi connectivity index (χ0) is 9.10. The van der Waals surface area contributed by atoms with E-state index in [2.05, 4.69) is 45.0 Å². The van der Waals surface area contributed by atoms with Crippen molar-refractivity contribution >= 4 is 22.6 Å². The van der Waals surface area contributed by atoms with Crippen LogP contribution >= 0.6 is 22.6 Å². The number of aromatic nitrogens is 1. The van der Waals surface area contributed by atoms with Crippen molar-refractivity contribution in [1.29, 1.82) is 0 Å². The van der Waals surface area contributed by atoms with E-state index in [1.807, 2.05) is 6.07 Å². The number of piperidine rings is 1. The Hall–Kier alpha value is -0.160. The van der Waals surface area contributed by atoms with Gasteiger partial charge < -0.3 is 5.32 Å². The molecule has 1 aliphatic heterocycles. The molecular weight excluding hydrogens is 275 g/mol. The maximum absolute atomic E-state index is 4.56. The first-order chi connectivity index (χ1) is 6.36. The molecule has 0 spiro atoms. The smallest absolute Gasteiger partial charge is 0.101 e. The summed E-state index contributed by atoms with van der Waals surface area (Å²) in [6.45, 7) is 2.27. The Morgan fingerprint density at radius 1 is 1.31 bits per heavy atom. The van der Waals surface area contributed by atoms with Crippen LogP contribution in [0.15, 0.2) is 18.2 Å². The highest BCUT2D eigenvalue weighted by Gasteiger charge is 2.15. The molecule has 70 valence electrons. The van der Waals surface area contributed by atoms with Gasteiger partial charge in [-0.1, -0.05) is 6.07 Å². The monoisotopic (exact) mass is 288 g/mol. The van der Waals surface area contributed by atoms with Gasteiger partial charge in [0.15, 0.2) is 0 Å². The number of hydrogen-bond acceptors (Lipinski definition) is 2. The minimum Gasteiger partial charge on any atom is -0.317 e. The number of hydrogen-bond donors (Lipinski definition) is 1. The zero-order valence-electron chi connectivity index (χ0n) is 7.46. The molecule has 1 N–H and O–H groups in total. The Labute approximate surface area is 92.3 Å². The third-order valence-corrected chi connectivity index (χ3v) is 3.09. The number of rotatable bonds is 1. The molecule has 2 rings (SSSR count). The molecule has 1 aliphatic rings. The molecule has 0 radical (unpaired) electrons. The first kappa shape index (κ1) is 9.40. The van der Waals surface area contributed by atoms with Crippen LogP contribution in [0.2, 0.25) is 0 Å². The summed E-state index contributed by atoms with van der Waals surface area (Å²) in [7, 11) is 0. The van der Waals surface area contributed by atoms with Crippen molar-refractivity contribution in [3.8, 4) is 0 Å². The van der Waals surface area contributed by atoms with Crippen molar-refractivity contribution in [3.05, 3.63) is 27.6 Å². The summed E-state index contributed by atoms with van der Waals surface area (Å²) in [5.41, 5.74) is 1.27. The Morgan fingerprint density at radius 3 is 2.77 bits per heavy atom. The van der Waals surface area contributed by atoms with Crippen LogP contribution in [0, 0.1) is 3.70 Å². The van der Waals surface area contributed by atoms with E-state index in [1.165, 1.54) is 18.5 Å². The lowest BCUT2D eigenvalue weighted by atomic mass is 9.94. The van der Waals surface area contributed by atoms with E-state index in [0.717, 1.165) is 16.8 Å². The van der Waals surface area contributed by atoms with Gasteiger partial charge in [-0.25, -0.2) is 4.98 Å². The van der Waals surface area contributed by atoms with Crippen molar-refractivity contribution in [2.24, 2.45) is 0 Å². The Kier molecular flexibility index (Phi) is 3.16. The molecule has 1 aromatic heterocycles. The largest absolute Gasteiger partial charge is 0.317 e.